The Morgan fingerprint density at radius 1 is 1.29 bits per heavy atom. The van der Waals surface area contributed by atoms with E-state index >= 15 is 0 Å². The zero-order valence-electron chi connectivity index (χ0n) is 11.7. The minimum Gasteiger partial charge on any atom is -0.298 e. The fourth-order valence-corrected chi connectivity index (χ4v) is 3.42. The molecule has 0 amide bonds. The third-order valence-corrected chi connectivity index (χ3v) is 4.54. The lowest BCUT2D eigenvalue weighted by atomic mass is 9.94. The molecule has 1 heterocycles. The molecule has 1 fully saturated rings. The molecule has 0 radical (unpaired) electrons. The van der Waals surface area contributed by atoms with Crippen molar-refractivity contribution in [2.75, 3.05) is 18.8 Å². The maximum atomic E-state index is 11.8. The molecule has 1 aliphatic rings. The van der Waals surface area contributed by atoms with E-state index in [1.807, 2.05) is 0 Å². The molecule has 0 aromatic rings. The van der Waals surface area contributed by atoms with Crippen molar-refractivity contribution in [3.05, 3.63) is 0 Å². The van der Waals surface area contributed by atoms with Crippen LogP contribution in [0, 0.1) is 5.41 Å². The van der Waals surface area contributed by atoms with Gasteiger partial charge in [0.05, 0.1) is 5.75 Å². The summed E-state index contributed by atoms with van der Waals surface area (Å²) in [5, 5.41) is 0. The minimum absolute atomic E-state index is 0.0678. The van der Waals surface area contributed by atoms with Gasteiger partial charge in [-0.3, -0.25) is 4.90 Å². The van der Waals surface area contributed by atoms with E-state index in [9.17, 15) is 8.42 Å². The second-order valence-electron chi connectivity index (χ2n) is 6.49. The molecular weight excluding hydrogens is 236 g/mol. The molecule has 1 N–H and O–H groups in total. The Balaban J connectivity index is 2.32. The van der Waals surface area contributed by atoms with Crippen molar-refractivity contribution in [3.63, 3.8) is 0 Å². The molecule has 5 heteroatoms. The quantitative estimate of drug-likeness (QED) is 0.815. The molecule has 0 aromatic carbocycles. The average Bonchev–Trinajstić information content (AvgIpc) is 2.06. The Hall–Kier alpha value is -0.130. The van der Waals surface area contributed by atoms with Crippen molar-refractivity contribution in [2.45, 2.75) is 53.1 Å². The highest BCUT2D eigenvalue weighted by atomic mass is 32.2. The van der Waals surface area contributed by atoms with E-state index in [2.05, 4.69) is 44.2 Å². The van der Waals surface area contributed by atoms with Crippen LogP contribution in [0.1, 0.15) is 41.0 Å². The Morgan fingerprint density at radius 2 is 1.82 bits per heavy atom. The van der Waals surface area contributed by atoms with Crippen LogP contribution >= 0.6 is 0 Å². The number of nitrogens with one attached hydrogen (secondary N) is 1. The number of hydrogen-bond acceptors (Lipinski definition) is 3. The number of hydrogen-bond donors (Lipinski definition) is 1. The third-order valence-electron chi connectivity index (χ3n) is 3.11. The first-order chi connectivity index (χ1) is 7.59. The average molecular weight is 262 g/mol. The molecule has 1 rings (SSSR count). The van der Waals surface area contributed by atoms with Crippen LogP contribution in [-0.2, 0) is 10.0 Å². The van der Waals surface area contributed by atoms with E-state index in [1.165, 1.54) is 0 Å². The van der Waals surface area contributed by atoms with Gasteiger partial charge >= 0.3 is 0 Å². The number of nitrogens with zero attached hydrogens (tertiary/aromatic N) is 1. The standard InChI is InChI=1S/C12H26N2O2S/c1-10(2)14-8-11(9-14)13-17(15,16)7-6-12(3,4)5/h10-11,13H,6-9H2,1-5H3. The van der Waals surface area contributed by atoms with Gasteiger partial charge in [0.15, 0.2) is 0 Å². The molecule has 0 unspecified atom stereocenters. The van der Waals surface area contributed by atoms with Gasteiger partial charge in [0.25, 0.3) is 0 Å². The van der Waals surface area contributed by atoms with Crippen molar-refractivity contribution in [1.82, 2.24) is 9.62 Å². The number of likely N-dealkylation sites (tertiary alicyclic amines) is 1. The van der Waals surface area contributed by atoms with Gasteiger partial charge in [0.1, 0.15) is 0 Å². The fraction of sp³-hybridized carbons (Fsp3) is 1.00. The van der Waals surface area contributed by atoms with Crippen LogP contribution in [0.2, 0.25) is 0 Å². The van der Waals surface area contributed by atoms with Gasteiger partial charge < -0.3 is 0 Å². The first kappa shape index (κ1) is 14.9. The first-order valence-corrected chi connectivity index (χ1v) is 7.98. The van der Waals surface area contributed by atoms with Crippen LogP contribution in [-0.4, -0.2) is 44.2 Å². The van der Waals surface area contributed by atoms with E-state index in [1.54, 1.807) is 0 Å². The smallest absolute Gasteiger partial charge is 0.211 e. The summed E-state index contributed by atoms with van der Waals surface area (Å²) in [6.07, 6.45) is 0.697. The fourth-order valence-electron chi connectivity index (χ4n) is 1.76. The number of rotatable bonds is 5. The first-order valence-electron chi connectivity index (χ1n) is 6.33. The van der Waals surface area contributed by atoms with Gasteiger partial charge in [-0.2, -0.15) is 0 Å². The summed E-state index contributed by atoms with van der Waals surface area (Å²) in [5.74, 6) is 0.231. The van der Waals surface area contributed by atoms with Gasteiger partial charge in [-0.1, -0.05) is 20.8 Å². The summed E-state index contributed by atoms with van der Waals surface area (Å²) in [6, 6.07) is 0.618. The van der Waals surface area contributed by atoms with Crippen molar-refractivity contribution in [2.24, 2.45) is 5.41 Å². The van der Waals surface area contributed by atoms with E-state index in [4.69, 9.17) is 0 Å². The molecule has 0 spiro atoms. The molecule has 1 saturated heterocycles. The van der Waals surface area contributed by atoms with E-state index < -0.39 is 10.0 Å². The van der Waals surface area contributed by atoms with Gasteiger partial charge in [0.2, 0.25) is 10.0 Å². The molecule has 0 saturated carbocycles. The van der Waals surface area contributed by atoms with Gasteiger partial charge in [-0.15, -0.1) is 0 Å². The molecule has 17 heavy (non-hydrogen) atoms. The Morgan fingerprint density at radius 3 is 2.24 bits per heavy atom. The zero-order chi connectivity index (χ0) is 13.3. The summed E-state index contributed by atoms with van der Waals surface area (Å²) >= 11 is 0. The van der Waals surface area contributed by atoms with Crippen molar-refractivity contribution in [3.8, 4) is 0 Å². The monoisotopic (exact) mass is 262 g/mol. The highest BCUT2D eigenvalue weighted by Crippen LogP contribution is 2.19. The summed E-state index contributed by atoms with van der Waals surface area (Å²) in [4.78, 5) is 2.26. The molecule has 4 nitrogen and oxygen atoms in total. The lowest BCUT2D eigenvalue weighted by Gasteiger charge is -2.42. The summed E-state index contributed by atoms with van der Waals surface area (Å²) < 4.78 is 26.4. The second kappa shape index (κ2) is 5.24. The zero-order valence-corrected chi connectivity index (χ0v) is 12.5. The van der Waals surface area contributed by atoms with E-state index in [-0.39, 0.29) is 17.2 Å². The minimum atomic E-state index is -3.10. The van der Waals surface area contributed by atoms with Gasteiger partial charge in [-0.05, 0) is 25.7 Å². The summed E-state index contributed by atoms with van der Waals surface area (Å²) in [6.45, 7) is 12.1. The molecule has 0 aromatic heterocycles. The highest BCUT2D eigenvalue weighted by molar-refractivity contribution is 7.89. The summed E-state index contributed by atoms with van der Waals surface area (Å²) in [7, 11) is -3.10. The Bertz CT molecular complexity index is 338. The van der Waals surface area contributed by atoms with Crippen LogP contribution in [0.25, 0.3) is 0 Å². The lowest BCUT2D eigenvalue weighted by molar-refractivity contribution is 0.104. The van der Waals surface area contributed by atoms with Crippen molar-refractivity contribution < 1.29 is 8.42 Å². The lowest BCUT2D eigenvalue weighted by Crippen LogP contribution is -2.61. The molecule has 1 aliphatic heterocycles. The van der Waals surface area contributed by atoms with E-state index in [0.29, 0.717) is 12.5 Å². The van der Waals surface area contributed by atoms with Gasteiger partial charge in [-0.25, -0.2) is 13.1 Å². The third kappa shape index (κ3) is 5.36. The van der Waals surface area contributed by atoms with E-state index in [0.717, 1.165) is 13.1 Å². The number of sulfonamides is 1. The molecule has 0 bridgehead atoms. The summed E-state index contributed by atoms with van der Waals surface area (Å²) in [5.41, 5.74) is 0.0678. The predicted octanol–water partition coefficient (Wildman–Crippen LogP) is 1.43. The van der Waals surface area contributed by atoms with Crippen LogP contribution < -0.4 is 4.72 Å². The van der Waals surface area contributed by atoms with Crippen LogP contribution in [0.15, 0.2) is 0 Å². The largest absolute Gasteiger partial charge is 0.298 e. The molecule has 0 atom stereocenters. The van der Waals surface area contributed by atoms with Crippen molar-refractivity contribution >= 4 is 10.0 Å². The molecule has 0 aliphatic carbocycles. The predicted molar refractivity (Wildman–Crippen MR) is 71.5 cm³/mol. The second-order valence-corrected chi connectivity index (χ2v) is 8.37. The van der Waals surface area contributed by atoms with Crippen LogP contribution in [0.3, 0.4) is 0 Å². The topological polar surface area (TPSA) is 49.4 Å². The molecular formula is C12H26N2O2S. The highest BCUT2D eigenvalue weighted by Gasteiger charge is 2.31. The normalized spacial score (nSPS) is 19.6. The molecule has 102 valence electrons. The van der Waals surface area contributed by atoms with Crippen LogP contribution in [0.5, 0.6) is 0 Å². The Labute approximate surface area is 106 Å². The Kier molecular flexibility index (Phi) is 4.60. The van der Waals surface area contributed by atoms with Crippen LogP contribution in [0.4, 0.5) is 0 Å². The van der Waals surface area contributed by atoms with Gasteiger partial charge in [0, 0.05) is 25.2 Å². The van der Waals surface area contributed by atoms with Crippen molar-refractivity contribution in [1.29, 1.82) is 0 Å². The maximum absolute atomic E-state index is 11.8. The maximum Gasteiger partial charge on any atom is 0.211 e. The SMILES string of the molecule is CC(C)N1CC(NS(=O)(=O)CCC(C)(C)C)C1.